The Kier molecular flexibility index (Phi) is 5.60. The van der Waals surface area contributed by atoms with Gasteiger partial charge in [0.1, 0.15) is 6.04 Å². The van der Waals surface area contributed by atoms with Crippen molar-refractivity contribution in [3.05, 3.63) is 35.4 Å². The van der Waals surface area contributed by atoms with Gasteiger partial charge < -0.3 is 5.32 Å². The summed E-state index contributed by atoms with van der Waals surface area (Å²) in [5, 5.41) is 3.34. The minimum atomic E-state index is -0.142. The molecule has 3 nitrogen and oxygen atoms in total. The number of amides is 1. The number of carbonyl (C=O) groups is 1. The Morgan fingerprint density at radius 1 is 1.08 bits per heavy atom. The number of likely N-dealkylation sites (tertiary alicyclic amines) is 1. The van der Waals surface area contributed by atoms with Crippen molar-refractivity contribution < 1.29 is 4.79 Å². The van der Waals surface area contributed by atoms with E-state index in [9.17, 15) is 4.79 Å². The third-order valence-corrected chi connectivity index (χ3v) is 5.61. The highest BCUT2D eigenvalue weighted by Gasteiger charge is 2.34. The van der Waals surface area contributed by atoms with Gasteiger partial charge in [0.25, 0.3) is 0 Å². The van der Waals surface area contributed by atoms with Crippen molar-refractivity contribution in [2.45, 2.75) is 65.0 Å². The van der Waals surface area contributed by atoms with Crippen LogP contribution in [0.25, 0.3) is 0 Å². The van der Waals surface area contributed by atoms with E-state index in [-0.39, 0.29) is 11.9 Å². The topological polar surface area (TPSA) is 32.3 Å². The van der Waals surface area contributed by atoms with Crippen LogP contribution < -0.4 is 5.32 Å². The van der Waals surface area contributed by atoms with Gasteiger partial charge in [0, 0.05) is 19.1 Å². The highest BCUT2D eigenvalue weighted by atomic mass is 16.2. The maximum atomic E-state index is 13.1. The highest BCUT2D eigenvalue weighted by molar-refractivity contribution is 5.83. The highest BCUT2D eigenvalue weighted by Crippen LogP contribution is 2.30. The first-order chi connectivity index (χ1) is 11.5. The molecule has 0 bridgehead atoms. The minimum Gasteiger partial charge on any atom is -0.352 e. The molecule has 1 amide bonds. The van der Waals surface area contributed by atoms with Gasteiger partial charge in [0.2, 0.25) is 5.91 Å². The van der Waals surface area contributed by atoms with E-state index in [1.165, 1.54) is 24.8 Å². The zero-order valence-electron chi connectivity index (χ0n) is 15.4. The first-order valence-electron chi connectivity index (χ1n) is 9.64. The van der Waals surface area contributed by atoms with E-state index in [4.69, 9.17) is 0 Å². The van der Waals surface area contributed by atoms with Crippen LogP contribution in [0.15, 0.2) is 24.3 Å². The second-order valence-corrected chi connectivity index (χ2v) is 8.20. The van der Waals surface area contributed by atoms with Gasteiger partial charge in [0.15, 0.2) is 0 Å². The molecule has 132 valence electrons. The molecule has 2 aliphatic rings. The van der Waals surface area contributed by atoms with Crippen molar-refractivity contribution in [3.63, 3.8) is 0 Å². The quantitative estimate of drug-likeness (QED) is 0.903. The number of hydrogen-bond donors (Lipinski definition) is 1. The fourth-order valence-corrected chi connectivity index (χ4v) is 4.55. The fraction of sp³-hybridized carbons (Fsp3) is 0.667. The molecule has 3 atom stereocenters. The Morgan fingerprint density at radius 3 is 2.25 bits per heavy atom. The van der Waals surface area contributed by atoms with Gasteiger partial charge in [-0.1, -0.05) is 56.5 Å². The summed E-state index contributed by atoms with van der Waals surface area (Å²) in [7, 11) is 0. The lowest BCUT2D eigenvalue weighted by Gasteiger charge is -2.40. The molecule has 0 unspecified atom stereocenters. The molecule has 24 heavy (non-hydrogen) atoms. The number of nitrogens with one attached hydrogen (secondary N) is 1. The second kappa shape index (κ2) is 7.69. The zero-order valence-corrected chi connectivity index (χ0v) is 15.4. The molecule has 3 rings (SSSR count). The van der Waals surface area contributed by atoms with Gasteiger partial charge in [-0.2, -0.15) is 0 Å². The van der Waals surface area contributed by atoms with E-state index < -0.39 is 0 Å². The fourth-order valence-electron chi connectivity index (χ4n) is 4.55. The third-order valence-electron chi connectivity index (χ3n) is 5.61. The first kappa shape index (κ1) is 17.5. The number of rotatable bonds is 4. The number of carbonyl (C=O) groups excluding carboxylic acids is 1. The molecule has 1 heterocycles. The summed E-state index contributed by atoms with van der Waals surface area (Å²) in [5.74, 6) is 1.51. The molecular weight excluding hydrogens is 296 g/mol. The average molecular weight is 329 g/mol. The Hall–Kier alpha value is -1.35. The molecule has 1 aliphatic heterocycles. The molecule has 3 heteroatoms. The first-order valence-corrected chi connectivity index (χ1v) is 9.64. The van der Waals surface area contributed by atoms with Gasteiger partial charge in [-0.25, -0.2) is 0 Å². The molecule has 0 radical (unpaired) electrons. The average Bonchev–Trinajstić information content (AvgIpc) is 3.01. The summed E-state index contributed by atoms with van der Waals surface area (Å²) in [4.78, 5) is 15.6. The van der Waals surface area contributed by atoms with Gasteiger partial charge in [0.05, 0.1) is 0 Å². The molecule has 1 aromatic carbocycles. The van der Waals surface area contributed by atoms with E-state index in [2.05, 4.69) is 55.3 Å². The van der Waals surface area contributed by atoms with E-state index in [0.29, 0.717) is 17.9 Å². The molecule has 1 saturated carbocycles. The molecule has 1 saturated heterocycles. The number of piperidine rings is 1. The zero-order chi connectivity index (χ0) is 17.1. The van der Waals surface area contributed by atoms with Crippen LogP contribution in [0.2, 0.25) is 0 Å². The van der Waals surface area contributed by atoms with Gasteiger partial charge in [-0.05, 0) is 43.6 Å². The van der Waals surface area contributed by atoms with Crippen LogP contribution in [-0.4, -0.2) is 29.9 Å². The minimum absolute atomic E-state index is 0.142. The van der Waals surface area contributed by atoms with Crippen LogP contribution in [-0.2, 0) is 4.79 Å². The third kappa shape index (κ3) is 4.18. The van der Waals surface area contributed by atoms with Crippen molar-refractivity contribution in [3.8, 4) is 0 Å². The van der Waals surface area contributed by atoms with Crippen molar-refractivity contribution >= 4 is 5.91 Å². The molecule has 1 aromatic rings. The summed E-state index contributed by atoms with van der Waals surface area (Å²) in [6.07, 6.45) is 6.04. The van der Waals surface area contributed by atoms with Crippen LogP contribution >= 0.6 is 0 Å². The Morgan fingerprint density at radius 2 is 1.67 bits per heavy atom. The van der Waals surface area contributed by atoms with Gasteiger partial charge in [-0.3, -0.25) is 9.69 Å². The van der Waals surface area contributed by atoms with E-state index in [1.54, 1.807) is 0 Å². The van der Waals surface area contributed by atoms with Crippen molar-refractivity contribution in [2.75, 3.05) is 13.1 Å². The van der Waals surface area contributed by atoms with E-state index in [0.717, 1.165) is 31.5 Å². The Labute approximate surface area is 146 Å². The summed E-state index contributed by atoms with van der Waals surface area (Å²) in [6, 6.07) is 8.77. The van der Waals surface area contributed by atoms with Gasteiger partial charge in [-0.15, -0.1) is 0 Å². The standard InChI is InChI=1S/C21H32N2O/c1-15-8-10-18(11-9-15)20(21(24)22-19-6-4-5-7-19)23-13-16(2)12-17(3)14-23/h8-11,16-17,19-20H,4-7,12-14H2,1-3H3,(H,22,24)/t16-,17-,20-/m1/s1. The number of nitrogens with zero attached hydrogens (tertiary/aromatic N) is 1. The van der Waals surface area contributed by atoms with Crippen LogP contribution in [0.1, 0.15) is 63.1 Å². The number of hydrogen-bond acceptors (Lipinski definition) is 2. The van der Waals surface area contributed by atoms with Crippen molar-refractivity contribution in [1.29, 1.82) is 0 Å². The van der Waals surface area contributed by atoms with Crippen molar-refractivity contribution in [1.82, 2.24) is 10.2 Å². The molecule has 1 aliphatic carbocycles. The largest absolute Gasteiger partial charge is 0.352 e. The molecule has 0 aromatic heterocycles. The summed E-state index contributed by atoms with van der Waals surface area (Å²) >= 11 is 0. The van der Waals surface area contributed by atoms with E-state index >= 15 is 0 Å². The van der Waals surface area contributed by atoms with Crippen LogP contribution in [0, 0.1) is 18.8 Å². The lowest BCUT2D eigenvalue weighted by Crippen LogP contribution is -2.48. The number of benzene rings is 1. The molecule has 2 fully saturated rings. The SMILES string of the molecule is Cc1ccc([C@H](C(=O)NC2CCCC2)N2C[C@H](C)C[C@@H](C)C2)cc1. The molecule has 0 spiro atoms. The van der Waals surface area contributed by atoms with Crippen LogP contribution in [0.3, 0.4) is 0 Å². The maximum Gasteiger partial charge on any atom is 0.242 e. The van der Waals surface area contributed by atoms with Crippen molar-refractivity contribution in [2.24, 2.45) is 11.8 Å². The second-order valence-electron chi connectivity index (χ2n) is 8.20. The normalized spacial score (nSPS) is 27.1. The lowest BCUT2D eigenvalue weighted by molar-refractivity contribution is -0.128. The van der Waals surface area contributed by atoms with Crippen LogP contribution in [0.5, 0.6) is 0 Å². The maximum absolute atomic E-state index is 13.1. The number of aryl methyl sites for hydroxylation is 1. The Bertz CT molecular complexity index is 537. The predicted molar refractivity (Wildman–Crippen MR) is 98.8 cm³/mol. The van der Waals surface area contributed by atoms with Gasteiger partial charge >= 0.3 is 0 Å². The Balaban J connectivity index is 1.82. The molecule has 1 N–H and O–H groups in total. The summed E-state index contributed by atoms with van der Waals surface area (Å²) in [5.41, 5.74) is 2.38. The smallest absolute Gasteiger partial charge is 0.242 e. The van der Waals surface area contributed by atoms with Crippen LogP contribution in [0.4, 0.5) is 0 Å². The predicted octanol–water partition coefficient (Wildman–Crippen LogP) is 4.07. The summed E-state index contributed by atoms with van der Waals surface area (Å²) in [6.45, 7) is 8.75. The monoisotopic (exact) mass is 328 g/mol. The lowest BCUT2D eigenvalue weighted by atomic mass is 9.89. The van der Waals surface area contributed by atoms with E-state index in [1.807, 2.05) is 0 Å². The molecular formula is C21H32N2O. The summed E-state index contributed by atoms with van der Waals surface area (Å²) < 4.78 is 0.